The van der Waals surface area contributed by atoms with Gasteiger partial charge in [-0.15, -0.1) is 0 Å². The molecule has 0 aromatic heterocycles. The number of hydrogen-bond acceptors (Lipinski definition) is 5. The van der Waals surface area contributed by atoms with E-state index in [0.29, 0.717) is 6.07 Å². The number of methoxy groups -OCH3 is 1. The zero-order valence-corrected chi connectivity index (χ0v) is 19.5. The van der Waals surface area contributed by atoms with E-state index >= 15 is 4.39 Å². The largest absolute Gasteiger partial charge is 0.480 e. The van der Waals surface area contributed by atoms with Crippen LogP contribution in [0.25, 0.3) is 11.1 Å². The molecular formula is C24H26F5NO5. The first-order valence-corrected chi connectivity index (χ1v) is 10.4. The molecule has 2 aromatic carbocycles. The Labute approximate surface area is 199 Å². The number of Topliss-reactive ketones (excluding diaryl/α,β-unsaturated/α-hetero) is 1. The normalized spacial score (nSPS) is 13.9. The van der Waals surface area contributed by atoms with Gasteiger partial charge in [0.2, 0.25) is 0 Å². The molecule has 2 atom stereocenters. The number of ether oxygens (including phenoxy) is 2. The lowest BCUT2D eigenvalue weighted by atomic mass is 9.95. The van der Waals surface area contributed by atoms with E-state index in [2.05, 4.69) is 0 Å². The molecule has 0 radical (unpaired) electrons. The smallest absolute Gasteiger partial charge is 0.407 e. The number of nitrogens with one attached hydrogen (secondary N) is 1. The summed E-state index contributed by atoms with van der Waals surface area (Å²) in [5, 5.41) is 11.2. The molecule has 0 heterocycles. The van der Waals surface area contributed by atoms with Gasteiger partial charge < -0.3 is 14.6 Å². The van der Waals surface area contributed by atoms with Crippen molar-refractivity contribution in [2.24, 2.45) is 0 Å². The molecule has 0 spiro atoms. The molecule has 0 fully saturated rings. The molecule has 2 aromatic rings. The van der Waals surface area contributed by atoms with Gasteiger partial charge in [-0.25, -0.2) is 8.78 Å². The molecule has 2 unspecified atom stereocenters. The first-order chi connectivity index (χ1) is 16.1. The Hall–Kier alpha value is -3.05. The number of carboxylic acid groups (broad SMARTS) is 1. The second-order valence-electron chi connectivity index (χ2n) is 8.51. The predicted molar refractivity (Wildman–Crippen MR) is 118 cm³/mol. The first kappa shape index (κ1) is 28.2. The second kappa shape index (κ2) is 11.1. The van der Waals surface area contributed by atoms with Gasteiger partial charge in [0.1, 0.15) is 29.3 Å². The molecule has 0 bridgehead atoms. The first-order valence-electron chi connectivity index (χ1n) is 10.4. The highest BCUT2D eigenvalue weighted by Gasteiger charge is 2.44. The highest BCUT2D eigenvalue weighted by Crippen LogP contribution is 2.38. The van der Waals surface area contributed by atoms with Crippen molar-refractivity contribution in [2.75, 3.05) is 13.9 Å². The van der Waals surface area contributed by atoms with Crippen molar-refractivity contribution in [3.8, 4) is 16.9 Å². The van der Waals surface area contributed by atoms with Crippen LogP contribution in [-0.2, 0) is 9.53 Å². The van der Waals surface area contributed by atoms with Gasteiger partial charge in [0.25, 0.3) is 0 Å². The minimum Gasteiger partial charge on any atom is -0.480 e. The van der Waals surface area contributed by atoms with E-state index in [9.17, 15) is 32.3 Å². The summed E-state index contributed by atoms with van der Waals surface area (Å²) in [5.41, 5.74) is -2.49. The Balaban J connectivity index is 2.53. The van der Waals surface area contributed by atoms with Crippen molar-refractivity contribution in [1.82, 2.24) is 5.32 Å². The van der Waals surface area contributed by atoms with Crippen LogP contribution >= 0.6 is 0 Å². The lowest BCUT2D eigenvalue weighted by molar-refractivity contribution is -0.164. The van der Waals surface area contributed by atoms with Crippen LogP contribution in [0.4, 0.5) is 22.0 Å². The lowest BCUT2D eigenvalue weighted by Gasteiger charge is -2.28. The van der Waals surface area contributed by atoms with E-state index in [1.165, 1.54) is 32.2 Å². The fourth-order valence-electron chi connectivity index (χ4n) is 3.42. The van der Waals surface area contributed by atoms with Crippen molar-refractivity contribution < 1.29 is 46.1 Å². The molecule has 6 nitrogen and oxygen atoms in total. The minimum atomic E-state index is -5.01. The Kier molecular flexibility index (Phi) is 8.96. The molecular weight excluding hydrogens is 477 g/mol. The third-order valence-corrected chi connectivity index (χ3v) is 5.02. The summed E-state index contributed by atoms with van der Waals surface area (Å²) in [6.45, 7) is 3.18. The van der Waals surface area contributed by atoms with E-state index in [1.54, 1.807) is 0 Å². The number of ketones is 1. The third-order valence-electron chi connectivity index (χ3n) is 5.02. The van der Waals surface area contributed by atoms with Gasteiger partial charge in [0.15, 0.2) is 12.6 Å². The Morgan fingerprint density at radius 2 is 1.71 bits per heavy atom. The molecule has 2 N–H and O–H groups in total. The molecule has 35 heavy (non-hydrogen) atoms. The van der Waals surface area contributed by atoms with Crippen LogP contribution in [0.5, 0.6) is 5.75 Å². The summed E-state index contributed by atoms with van der Waals surface area (Å²) in [4.78, 5) is 23.2. The molecule has 0 aliphatic heterocycles. The van der Waals surface area contributed by atoms with Crippen molar-refractivity contribution >= 4 is 11.8 Å². The molecule has 0 saturated heterocycles. The Morgan fingerprint density at radius 1 is 1.06 bits per heavy atom. The van der Waals surface area contributed by atoms with Gasteiger partial charge in [-0.3, -0.25) is 14.9 Å². The molecule has 192 valence electrons. The number of rotatable bonds is 11. The SMILES string of the molecule is COCOc1ccc(C(C)=O)cc1-c1ccc(C(NC(CC(C)(C)F)C(=O)O)C(F)(F)F)cc1F. The Bertz CT molecular complexity index is 1070. The summed E-state index contributed by atoms with van der Waals surface area (Å²) in [5.74, 6) is -2.94. The van der Waals surface area contributed by atoms with Crippen molar-refractivity contribution in [1.29, 1.82) is 0 Å². The van der Waals surface area contributed by atoms with Crippen LogP contribution in [0, 0.1) is 5.82 Å². The number of halogens is 5. The maximum absolute atomic E-state index is 15.1. The average molecular weight is 503 g/mol. The summed E-state index contributed by atoms with van der Waals surface area (Å²) in [7, 11) is 1.36. The van der Waals surface area contributed by atoms with Crippen LogP contribution in [-0.4, -0.2) is 48.6 Å². The maximum Gasteiger partial charge on any atom is 0.407 e. The zero-order chi connectivity index (χ0) is 26.6. The lowest BCUT2D eigenvalue weighted by Crippen LogP contribution is -2.47. The van der Waals surface area contributed by atoms with Gasteiger partial charge in [-0.1, -0.05) is 12.1 Å². The number of hydrogen-bond donors (Lipinski definition) is 2. The zero-order valence-electron chi connectivity index (χ0n) is 19.5. The molecule has 0 aliphatic rings. The van der Waals surface area contributed by atoms with Crippen molar-refractivity contribution in [3.05, 3.63) is 53.3 Å². The van der Waals surface area contributed by atoms with Crippen LogP contribution in [0.3, 0.4) is 0 Å². The molecule has 0 aliphatic carbocycles. The van der Waals surface area contributed by atoms with Crippen LogP contribution in [0.1, 0.15) is 49.2 Å². The quantitative estimate of drug-likeness (QED) is 0.241. The van der Waals surface area contributed by atoms with E-state index in [-0.39, 0.29) is 35.0 Å². The number of carboxylic acids is 1. The highest BCUT2D eigenvalue weighted by molar-refractivity contribution is 5.96. The molecule has 0 saturated carbocycles. The molecule has 2 rings (SSSR count). The minimum absolute atomic E-state index is 0.109. The fraction of sp³-hybridized carbons (Fsp3) is 0.417. The molecule has 11 heteroatoms. The highest BCUT2D eigenvalue weighted by atomic mass is 19.4. The topological polar surface area (TPSA) is 84.9 Å². The summed E-state index contributed by atoms with van der Waals surface area (Å²) >= 11 is 0. The van der Waals surface area contributed by atoms with Gasteiger partial charge >= 0.3 is 12.1 Å². The molecule has 0 amide bonds. The van der Waals surface area contributed by atoms with Crippen LogP contribution < -0.4 is 10.1 Å². The number of alkyl halides is 4. The van der Waals surface area contributed by atoms with Crippen LogP contribution in [0.2, 0.25) is 0 Å². The maximum atomic E-state index is 15.1. The number of benzene rings is 2. The number of aliphatic carboxylic acids is 1. The van der Waals surface area contributed by atoms with Gasteiger partial charge in [-0.2, -0.15) is 13.2 Å². The Morgan fingerprint density at radius 3 is 2.20 bits per heavy atom. The average Bonchev–Trinajstić information content (AvgIpc) is 2.73. The van der Waals surface area contributed by atoms with Gasteiger partial charge in [-0.05, 0) is 50.6 Å². The second-order valence-corrected chi connectivity index (χ2v) is 8.51. The standard InChI is InChI=1S/C24H26F5NO5/c1-13(31)14-6-8-20(35-12-34-4)17(9-14)16-7-5-15(10-18(16)25)21(24(27,28)29)30-19(22(32)33)11-23(2,3)26/h5-10,19,21,30H,11-12H2,1-4H3,(H,32,33). The summed E-state index contributed by atoms with van der Waals surface area (Å²) in [6.07, 6.45) is -5.75. The summed E-state index contributed by atoms with van der Waals surface area (Å²) < 4.78 is 80.8. The number of carbonyl (C=O) groups is 2. The van der Waals surface area contributed by atoms with Crippen molar-refractivity contribution in [3.63, 3.8) is 0 Å². The van der Waals surface area contributed by atoms with E-state index in [1.807, 2.05) is 5.32 Å². The third kappa shape index (κ3) is 7.72. The summed E-state index contributed by atoms with van der Waals surface area (Å²) in [6, 6.07) is 2.39. The van der Waals surface area contributed by atoms with Crippen LogP contribution in [0.15, 0.2) is 36.4 Å². The van der Waals surface area contributed by atoms with Gasteiger partial charge in [0.05, 0.1) is 0 Å². The predicted octanol–water partition coefficient (Wildman–Crippen LogP) is 5.46. The van der Waals surface area contributed by atoms with E-state index in [4.69, 9.17) is 9.47 Å². The number of carbonyl (C=O) groups excluding carboxylic acids is 1. The fourth-order valence-corrected chi connectivity index (χ4v) is 3.42. The van der Waals surface area contributed by atoms with Crippen molar-refractivity contribution in [2.45, 2.75) is 51.1 Å². The van der Waals surface area contributed by atoms with Gasteiger partial charge in [0, 0.05) is 30.2 Å². The monoisotopic (exact) mass is 503 g/mol. The van der Waals surface area contributed by atoms with E-state index < -0.39 is 47.7 Å². The van der Waals surface area contributed by atoms with E-state index in [0.717, 1.165) is 26.0 Å².